The molecule has 0 unspecified atom stereocenters. The van der Waals surface area contributed by atoms with Crippen LogP contribution in [0.3, 0.4) is 0 Å². The number of Topliss-reactive ketones (excluding diaryl/α,β-unsaturated/α-hetero) is 1. The highest BCUT2D eigenvalue weighted by Crippen LogP contribution is 2.38. The molecular weight excluding hydrogens is 314 g/mol. The van der Waals surface area contributed by atoms with E-state index < -0.39 is 5.60 Å². The Morgan fingerprint density at radius 1 is 1.16 bits per heavy atom. The van der Waals surface area contributed by atoms with Crippen LogP contribution in [0.1, 0.15) is 50.0 Å². The number of benzene rings is 1. The molecule has 1 heterocycles. The molecule has 0 radical (unpaired) electrons. The van der Waals surface area contributed by atoms with E-state index >= 15 is 0 Å². The first-order valence-electron chi connectivity index (χ1n) is 8.93. The van der Waals surface area contributed by atoms with Crippen LogP contribution >= 0.6 is 0 Å². The van der Waals surface area contributed by atoms with Gasteiger partial charge in [0.15, 0.2) is 5.78 Å². The standard InChI is InChI=1S/C21H25NO3/c1-15(2)21(24)11-8-16(9-12-21)20(23)19-14-18(10-13-22-19)25-17-6-4-3-5-7-17/h3-7,10,13-16,24H,8-9,11-12H2,1-2H3. The number of rotatable bonds is 5. The normalized spacial score (nSPS) is 23.4. The van der Waals surface area contributed by atoms with E-state index in [0.29, 0.717) is 37.1 Å². The molecule has 1 fully saturated rings. The largest absolute Gasteiger partial charge is 0.457 e. The maximum atomic E-state index is 12.8. The van der Waals surface area contributed by atoms with Crippen LogP contribution in [0.25, 0.3) is 0 Å². The molecule has 0 bridgehead atoms. The summed E-state index contributed by atoms with van der Waals surface area (Å²) in [4.78, 5) is 17.0. The Bertz CT molecular complexity index is 719. The molecule has 3 rings (SSSR count). The van der Waals surface area contributed by atoms with Crippen LogP contribution in [-0.4, -0.2) is 21.5 Å². The van der Waals surface area contributed by atoms with Gasteiger partial charge in [0.2, 0.25) is 0 Å². The van der Waals surface area contributed by atoms with Gasteiger partial charge >= 0.3 is 0 Å². The van der Waals surface area contributed by atoms with E-state index in [1.807, 2.05) is 44.2 Å². The van der Waals surface area contributed by atoms with E-state index in [0.717, 1.165) is 5.75 Å². The Morgan fingerprint density at radius 2 is 1.84 bits per heavy atom. The summed E-state index contributed by atoms with van der Waals surface area (Å²) in [7, 11) is 0. The van der Waals surface area contributed by atoms with Crippen molar-refractivity contribution in [1.29, 1.82) is 0 Å². The molecule has 1 saturated carbocycles. The van der Waals surface area contributed by atoms with Crippen LogP contribution in [0.15, 0.2) is 48.7 Å². The molecule has 1 aliphatic rings. The molecule has 2 aromatic rings. The van der Waals surface area contributed by atoms with E-state index in [2.05, 4.69) is 4.98 Å². The Labute approximate surface area is 148 Å². The third-order valence-electron chi connectivity index (χ3n) is 5.26. The van der Waals surface area contributed by atoms with Crippen molar-refractivity contribution in [2.75, 3.05) is 0 Å². The average Bonchev–Trinajstić information content (AvgIpc) is 2.63. The first kappa shape index (κ1) is 17.6. The summed E-state index contributed by atoms with van der Waals surface area (Å²) in [6, 6.07) is 12.9. The van der Waals surface area contributed by atoms with Crippen molar-refractivity contribution in [2.24, 2.45) is 11.8 Å². The lowest BCUT2D eigenvalue weighted by Crippen LogP contribution is -2.40. The van der Waals surface area contributed by atoms with E-state index in [4.69, 9.17) is 4.74 Å². The monoisotopic (exact) mass is 339 g/mol. The highest BCUT2D eigenvalue weighted by molar-refractivity contribution is 5.96. The quantitative estimate of drug-likeness (QED) is 0.807. The minimum atomic E-state index is -0.636. The van der Waals surface area contributed by atoms with Crippen LogP contribution in [0, 0.1) is 11.8 Å². The number of para-hydroxylation sites is 1. The first-order valence-corrected chi connectivity index (χ1v) is 8.93. The van der Waals surface area contributed by atoms with Gasteiger partial charge in [0.1, 0.15) is 17.2 Å². The second-order valence-electron chi connectivity index (χ2n) is 7.19. The van der Waals surface area contributed by atoms with E-state index in [1.54, 1.807) is 18.3 Å². The van der Waals surface area contributed by atoms with Crippen molar-refractivity contribution in [3.8, 4) is 11.5 Å². The van der Waals surface area contributed by atoms with E-state index in [9.17, 15) is 9.90 Å². The summed E-state index contributed by atoms with van der Waals surface area (Å²) in [6.45, 7) is 4.07. The smallest absolute Gasteiger partial charge is 0.184 e. The van der Waals surface area contributed by atoms with Crippen LogP contribution in [0.4, 0.5) is 0 Å². The van der Waals surface area contributed by atoms with Gasteiger partial charge in [0.05, 0.1) is 5.60 Å². The van der Waals surface area contributed by atoms with Crippen molar-refractivity contribution >= 4 is 5.78 Å². The Balaban J connectivity index is 1.68. The zero-order valence-corrected chi connectivity index (χ0v) is 14.8. The lowest BCUT2D eigenvalue weighted by Gasteiger charge is -2.38. The van der Waals surface area contributed by atoms with Gasteiger partial charge in [-0.3, -0.25) is 9.78 Å². The van der Waals surface area contributed by atoms with Gasteiger partial charge in [-0.25, -0.2) is 0 Å². The zero-order chi connectivity index (χ0) is 17.9. The number of hydrogen-bond acceptors (Lipinski definition) is 4. The fraction of sp³-hybridized carbons (Fsp3) is 0.429. The van der Waals surface area contributed by atoms with Gasteiger partial charge in [-0.2, -0.15) is 0 Å². The summed E-state index contributed by atoms with van der Waals surface area (Å²) in [5.41, 5.74) is -0.198. The summed E-state index contributed by atoms with van der Waals surface area (Å²) in [6.07, 6.45) is 4.36. The van der Waals surface area contributed by atoms with Gasteiger partial charge in [-0.15, -0.1) is 0 Å². The predicted octanol–water partition coefficient (Wildman–Crippen LogP) is 4.63. The van der Waals surface area contributed by atoms with Gasteiger partial charge in [-0.05, 0) is 49.8 Å². The molecule has 0 saturated heterocycles. The average molecular weight is 339 g/mol. The molecule has 4 nitrogen and oxygen atoms in total. The first-order chi connectivity index (χ1) is 12.0. The Hall–Kier alpha value is -2.20. The molecule has 0 spiro atoms. The van der Waals surface area contributed by atoms with E-state index in [-0.39, 0.29) is 17.6 Å². The number of hydrogen-bond donors (Lipinski definition) is 1. The van der Waals surface area contributed by atoms with Crippen molar-refractivity contribution < 1.29 is 14.6 Å². The molecule has 0 amide bonds. The minimum Gasteiger partial charge on any atom is -0.457 e. The minimum absolute atomic E-state index is 0.0457. The van der Waals surface area contributed by atoms with Crippen LogP contribution in [0.2, 0.25) is 0 Å². The maximum Gasteiger partial charge on any atom is 0.184 e. The maximum absolute atomic E-state index is 12.8. The third-order valence-corrected chi connectivity index (χ3v) is 5.26. The molecule has 0 atom stereocenters. The molecule has 0 aliphatic heterocycles. The summed E-state index contributed by atoms with van der Waals surface area (Å²) in [5, 5.41) is 10.6. The number of ketones is 1. The number of carbonyl (C=O) groups is 1. The molecule has 25 heavy (non-hydrogen) atoms. The zero-order valence-electron chi connectivity index (χ0n) is 14.8. The third kappa shape index (κ3) is 4.07. The number of ether oxygens (including phenoxy) is 1. The molecule has 1 N–H and O–H groups in total. The lowest BCUT2D eigenvalue weighted by atomic mass is 9.72. The summed E-state index contributed by atoms with van der Waals surface area (Å²) < 4.78 is 5.79. The fourth-order valence-electron chi connectivity index (χ4n) is 3.40. The molecular formula is C21H25NO3. The second-order valence-corrected chi connectivity index (χ2v) is 7.19. The SMILES string of the molecule is CC(C)C1(O)CCC(C(=O)c2cc(Oc3ccccc3)ccn2)CC1. The summed E-state index contributed by atoms with van der Waals surface area (Å²) in [5.74, 6) is 1.53. The lowest BCUT2D eigenvalue weighted by molar-refractivity contribution is -0.0448. The van der Waals surface area contributed by atoms with Crippen LogP contribution < -0.4 is 4.74 Å². The highest BCUT2D eigenvalue weighted by atomic mass is 16.5. The number of pyridine rings is 1. The number of aromatic nitrogens is 1. The molecule has 1 aliphatic carbocycles. The summed E-state index contributed by atoms with van der Waals surface area (Å²) >= 11 is 0. The number of nitrogens with zero attached hydrogens (tertiary/aromatic N) is 1. The highest BCUT2D eigenvalue weighted by Gasteiger charge is 2.38. The van der Waals surface area contributed by atoms with Crippen molar-refractivity contribution in [3.05, 3.63) is 54.4 Å². The molecule has 1 aromatic heterocycles. The second kappa shape index (κ2) is 7.36. The van der Waals surface area contributed by atoms with Crippen LogP contribution in [0.5, 0.6) is 11.5 Å². The van der Waals surface area contributed by atoms with E-state index in [1.165, 1.54) is 0 Å². The van der Waals surface area contributed by atoms with Crippen molar-refractivity contribution in [3.63, 3.8) is 0 Å². The van der Waals surface area contributed by atoms with Gasteiger partial charge in [-0.1, -0.05) is 32.0 Å². The Kier molecular flexibility index (Phi) is 5.19. The van der Waals surface area contributed by atoms with Crippen molar-refractivity contribution in [1.82, 2.24) is 4.98 Å². The fourth-order valence-corrected chi connectivity index (χ4v) is 3.40. The number of aliphatic hydroxyl groups is 1. The Morgan fingerprint density at radius 3 is 2.48 bits per heavy atom. The molecule has 132 valence electrons. The van der Waals surface area contributed by atoms with Gasteiger partial charge in [0, 0.05) is 18.2 Å². The number of carbonyl (C=O) groups excluding carboxylic acids is 1. The van der Waals surface area contributed by atoms with Crippen molar-refractivity contribution in [2.45, 2.75) is 45.1 Å². The van der Waals surface area contributed by atoms with Gasteiger partial charge < -0.3 is 9.84 Å². The predicted molar refractivity (Wildman–Crippen MR) is 96.8 cm³/mol. The molecule has 1 aromatic carbocycles. The molecule has 4 heteroatoms. The topological polar surface area (TPSA) is 59.4 Å². The van der Waals surface area contributed by atoms with Gasteiger partial charge in [0.25, 0.3) is 0 Å². The van der Waals surface area contributed by atoms with Crippen LogP contribution in [-0.2, 0) is 0 Å².